The molecule has 2 atom stereocenters. The van der Waals surface area contributed by atoms with E-state index in [2.05, 4.69) is 31.2 Å². The fourth-order valence-electron chi connectivity index (χ4n) is 2.73. The second kappa shape index (κ2) is 3.08. The van der Waals surface area contributed by atoms with Crippen LogP contribution in [0.5, 0.6) is 0 Å². The minimum Gasteiger partial charge on any atom is -0.0882 e. The van der Waals surface area contributed by atoms with Crippen molar-refractivity contribution in [3.8, 4) is 0 Å². The van der Waals surface area contributed by atoms with Gasteiger partial charge in [0.15, 0.2) is 0 Å². The summed E-state index contributed by atoms with van der Waals surface area (Å²) in [6, 6.07) is 0. The molecular formula is C12H18. The fourth-order valence-corrected chi connectivity index (χ4v) is 2.73. The van der Waals surface area contributed by atoms with Crippen LogP contribution in [0.25, 0.3) is 0 Å². The van der Waals surface area contributed by atoms with Crippen LogP contribution in [0, 0.1) is 11.3 Å². The van der Waals surface area contributed by atoms with Crippen molar-refractivity contribution >= 4 is 0 Å². The highest BCUT2D eigenvalue weighted by Gasteiger charge is 2.35. The summed E-state index contributed by atoms with van der Waals surface area (Å²) in [6.07, 6.45) is 16.4. The van der Waals surface area contributed by atoms with E-state index in [4.69, 9.17) is 0 Å². The smallest absolute Gasteiger partial charge is 0.00551 e. The molecule has 2 rings (SSSR count). The minimum absolute atomic E-state index is 0.549. The summed E-state index contributed by atoms with van der Waals surface area (Å²) in [5.74, 6) is 0.848. The molecular weight excluding hydrogens is 144 g/mol. The summed E-state index contributed by atoms with van der Waals surface area (Å²) in [5.41, 5.74) is 0.549. The van der Waals surface area contributed by atoms with Crippen molar-refractivity contribution in [3.05, 3.63) is 24.3 Å². The molecule has 0 amide bonds. The second-order valence-corrected chi connectivity index (χ2v) is 4.14. The van der Waals surface area contributed by atoms with Crippen molar-refractivity contribution in [1.82, 2.24) is 0 Å². The van der Waals surface area contributed by atoms with Crippen LogP contribution in [0.1, 0.15) is 39.0 Å². The van der Waals surface area contributed by atoms with Crippen LogP contribution in [0.4, 0.5) is 0 Å². The molecule has 0 N–H and O–H groups in total. The van der Waals surface area contributed by atoms with Crippen molar-refractivity contribution in [1.29, 1.82) is 0 Å². The highest BCUT2D eigenvalue weighted by atomic mass is 14.4. The molecule has 0 fully saturated rings. The average molecular weight is 162 g/mol. The van der Waals surface area contributed by atoms with Gasteiger partial charge in [-0.2, -0.15) is 0 Å². The lowest BCUT2D eigenvalue weighted by Crippen LogP contribution is -2.30. The Kier molecular flexibility index (Phi) is 2.08. The Morgan fingerprint density at radius 3 is 3.00 bits per heavy atom. The Morgan fingerprint density at radius 1 is 1.33 bits per heavy atom. The lowest BCUT2D eigenvalue weighted by atomic mass is 9.64. The van der Waals surface area contributed by atoms with Gasteiger partial charge in [0, 0.05) is 0 Å². The molecule has 0 aromatic heterocycles. The molecule has 2 aliphatic carbocycles. The van der Waals surface area contributed by atoms with Crippen molar-refractivity contribution in [3.63, 3.8) is 0 Å². The second-order valence-electron chi connectivity index (χ2n) is 4.14. The Bertz CT molecular complexity index is 212. The van der Waals surface area contributed by atoms with E-state index < -0.39 is 0 Å². The van der Waals surface area contributed by atoms with Crippen molar-refractivity contribution in [2.75, 3.05) is 0 Å². The summed E-state index contributed by atoms with van der Waals surface area (Å²) < 4.78 is 0. The summed E-state index contributed by atoms with van der Waals surface area (Å²) in [4.78, 5) is 0. The quantitative estimate of drug-likeness (QED) is 0.516. The van der Waals surface area contributed by atoms with E-state index >= 15 is 0 Å². The zero-order chi connectivity index (χ0) is 8.44. The first-order valence-electron chi connectivity index (χ1n) is 5.22. The molecule has 0 aromatic carbocycles. The molecule has 0 saturated carbocycles. The first-order chi connectivity index (χ1) is 5.87. The highest BCUT2D eigenvalue weighted by molar-refractivity contribution is 5.15. The highest BCUT2D eigenvalue weighted by Crippen LogP contribution is 2.46. The van der Waals surface area contributed by atoms with Crippen molar-refractivity contribution in [2.24, 2.45) is 11.3 Å². The van der Waals surface area contributed by atoms with Gasteiger partial charge in [-0.1, -0.05) is 31.2 Å². The van der Waals surface area contributed by atoms with Crippen LogP contribution in [-0.2, 0) is 0 Å². The van der Waals surface area contributed by atoms with E-state index in [1.54, 1.807) is 0 Å². The molecule has 66 valence electrons. The summed E-state index contributed by atoms with van der Waals surface area (Å²) >= 11 is 0. The van der Waals surface area contributed by atoms with Gasteiger partial charge >= 0.3 is 0 Å². The summed E-state index contributed by atoms with van der Waals surface area (Å²) in [5, 5.41) is 0. The summed E-state index contributed by atoms with van der Waals surface area (Å²) in [6.45, 7) is 2.34. The monoisotopic (exact) mass is 162 g/mol. The molecule has 12 heavy (non-hydrogen) atoms. The van der Waals surface area contributed by atoms with Gasteiger partial charge in [-0.05, 0) is 43.4 Å². The van der Waals surface area contributed by atoms with E-state index in [0.29, 0.717) is 5.41 Å². The minimum atomic E-state index is 0.549. The van der Waals surface area contributed by atoms with Crippen LogP contribution >= 0.6 is 0 Å². The average Bonchev–Trinajstić information content (AvgIpc) is 2.18. The number of hydrogen-bond acceptors (Lipinski definition) is 0. The third-order valence-electron chi connectivity index (χ3n) is 3.64. The zero-order valence-electron chi connectivity index (χ0n) is 7.92. The molecule has 0 radical (unpaired) electrons. The van der Waals surface area contributed by atoms with Crippen molar-refractivity contribution in [2.45, 2.75) is 39.0 Å². The maximum atomic E-state index is 2.49. The van der Waals surface area contributed by atoms with Crippen LogP contribution in [0.3, 0.4) is 0 Å². The standard InChI is InChI=1S/C12H18/c1-2-12-9-5-3-7-11(12)8-4-6-10-12/h3,6-7,10-11H,2,4-5,8-9H2,1H3. The normalized spacial score (nSPS) is 39.6. The predicted octanol–water partition coefficient (Wildman–Crippen LogP) is 3.70. The van der Waals surface area contributed by atoms with E-state index in [1.165, 1.54) is 32.1 Å². The van der Waals surface area contributed by atoms with Gasteiger partial charge in [0.05, 0.1) is 0 Å². The third kappa shape index (κ3) is 1.14. The van der Waals surface area contributed by atoms with Gasteiger partial charge < -0.3 is 0 Å². The Balaban J connectivity index is 2.28. The molecule has 0 saturated heterocycles. The third-order valence-corrected chi connectivity index (χ3v) is 3.64. The van der Waals surface area contributed by atoms with E-state index in [0.717, 1.165) is 5.92 Å². The van der Waals surface area contributed by atoms with Crippen LogP contribution in [-0.4, -0.2) is 0 Å². The first-order valence-corrected chi connectivity index (χ1v) is 5.22. The van der Waals surface area contributed by atoms with Crippen LogP contribution in [0.2, 0.25) is 0 Å². The van der Waals surface area contributed by atoms with Gasteiger partial charge in [-0.15, -0.1) is 0 Å². The molecule has 2 unspecified atom stereocenters. The van der Waals surface area contributed by atoms with Gasteiger partial charge in [-0.3, -0.25) is 0 Å². The van der Waals surface area contributed by atoms with E-state index in [-0.39, 0.29) is 0 Å². The molecule has 2 aliphatic rings. The van der Waals surface area contributed by atoms with Gasteiger partial charge in [0.2, 0.25) is 0 Å². The predicted molar refractivity (Wildman–Crippen MR) is 53.0 cm³/mol. The first kappa shape index (κ1) is 8.10. The molecule has 0 bridgehead atoms. The lowest BCUT2D eigenvalue weighted by molar-refractivity contribution is 0.212. The maximum absolute atomic E-state index is 2.49. The lowest BCUT2D eigenvalue weighted by Gasteiger charge is -2.41. The largest absolute Gasteiger partial charge is 0.0882 e. The Hall–Kier alpha value is -0.520. The van der Waals surface area contributed by atoms with Gasteiger partial charge in [-0.25, -0.2) is 0 Å². The molecule has 0 heteroatoms. The number of fused-ring (bicyclic) bond motifs is 1. The van der Waals surface area contributed by atoms with Gasteiger partial charge in [0.25, 0.3) is 0 Å². The van der Waals surface area contributed by atoms with Crippen LogP contribution < -0.4 is 0 Å². The van der Waals surface area contributed by atoms with Crippen molar-refractivity contribution < 1.29 is 0 Å². The zero-order valence-corrected chi connectivity index (χ0v) is 7.92. The molecule has 0 nitrogen and oxygen atoms in total. The Labute approximate surface area is 75.4 Å². The molecule has 0 aromatic rings. The topological polar surface area (TPSA) is 0 Å². The number of hydrogen-bond donors (Lipinski definition) is 0. The molecule has 0 aliphatic heterocycles. The van der Waals surface area contributed by atoms with E-state index in [1.807, 2.05) is 0 Å². The maximum Gasteiger partial charge on any atom is -0.00551 e. The number of rotatable bonds is 1. The van der Waals surface area contributed by atoms with Crippen LogP contribution in [0.15, 0.2) is 24.3 Å². The van der Waals surface area contributed by atoms with E-state index in [9.17, 15) is 0 Å². The molecule has 0 heterocycles. The molecule has 0 spiro atoms. The SMILES string of the molecule is CCC12C=CCCC1C=CCC2. The summed E-state index contributed by atoms with van der Waals surface area (Å²) in [7, 11) is 0. The fraction of sp³-hybridized carbons (Fsp3) is 0.667. The van der Waals surface area contributed by atoms with Gasteiger partial charge in [0.1, 0.15) is 0 Å². The number of allylic oxidation sites excluding steroid dienone is 4. The Morgan fingerprint density at radius 2 is 2.25 bits per heavy atom.